The van der Waals surface area contributed by atoms with E-state index in [1.165, 1.54) is 24.4 Å². The van der Waals surface area contributed by atoms with Crippen LogP contribution in [-0.4, -0.2) is 36.4 Å². The van der Waals surface area contributed by atoms with E-state index >= 15 is 0 Å². The number of urea groups is 1. The van der Waals surface area contributed by atoms with Gasteiger partial charge in [0.25, 0.3) is 0 Å². The van der Waals surface area contributed by atoms with Gasteiger partial charge in [0.15, 0.2) is 6.61 Å². The fraction of sp³-hybridized carbons (Fsp3) is 0.429. The molecule has 0 bridgehead atoms. The molecule has 2 atom stereocenters. The summed E-state index contributed by atoms with van der Waals surface area (Å²) in [5.41, 5.74) is 1.29. The van der Waals surface area contributed by atoms with Crippen molar-refractivity contribution < 1.29 is 31.8 Å². The average molecular weight is 443 g/mol. The first-order valence-corrected chi connectivity index (χ1v) is 9.86. The van der Waals surface area contributed by atoms with E-state index < -0.39 is 18.8 Å². The molecule has 2 N–H and O–H groups in total. The van der Waals surface area contributed by atoms with Gasteiger partial charge in [0.2, 0.25) is 5.88 Å². The van der Waals surface area contributed by atoms with Gasteiger partial charge in [-0.25, -0.2) is 14.2 Å². The number of hydrogen-bond acceptors (Lipinski definition) is 4. The molecule has 1 aliphatic heterocycles. The van der Waals surface area contributed by atoms with Gasteiger partial charge in [-0.2, -0.15) is 13.2 Å². The summed E-state index contributed by atoms with van der Waals surface area (Å²) in [5, 5.41) is 5.44. The minimum atomic E-state index is -4.46. The molecule has 0 saturated carbocycles. The summed E-state index contributed by atoms with van der Waals surface area (Å²) in [7, 11) is 0. The molecule has 3 rings (SSSR count). The van der Waals surface area contributed by atoms with Gasteiger partial charge < -0.3 is 20.1 Å². The maximum atomic E-state index is 13.1. The zero-order valence-corrected chi connectivity index (χ0v) is 17.2. The first-order chi connectivity index (χ1) is 14.8. The van der Waals surface area contributed by atoms with Crippen LogP contribution in [0.25, 0.3) is 0 Å². The lowest BCUT2D eigenvalue weighted by atomic mass is 10.0. The Morgan fingerprint density at radius 2 is 1.94 bits per heavy atom. The Labute approximate surface area is 178 Å². The summed E-state index contributed by atoms with van der Waals surface area (Å²) >= 11 is 0. The highest BCUT2D eigenvalue weighted by molar-refractivity contribution is 5.74. The van der Waals surface area contributed by atoms with Crippen molar-refractivity contribution in [2.45, 2.75) is 45.1 Å². The number of pyridine rings is 1. The maximum absolute atomic E-state index is 13.1. The van der Waals surface area contributed by atoms with Crippen molar-refractivity contribution >= 4 is 6.03 Å². The van der Waals surface area contributed by atoms with Gasteiger partial charge in [-0.05, 0) is 35.7 Å². The third-order valence-electron chi connectivity index (χ3n) is 4.24. The first kappa shape index (κ1) is 24.4. The van der Waals surface area contributed by atoms with Gasteiger partial charge in [-0.3, -0.25) is 0 Å². The number of hydrogen-bond donors (Lipinski definition) is 2. The van der Waals surface area contributed by atoms with Gasteiger partial charge in [-0.1, -0.05) is 26.0 Å². The second-order valence-electron chi connectivity index (χ2n) is 6.47. The third-order valence-corrected chi connectivity index (χ3v) is 4.24. The van der Waals surface area contributed by atoms with E-state index in [1.54, 1.807) is 18.2 Å². The molecule has 2 heterocycles. The highest BCUT2D eigenvalue weighted by Crippen LogP contribution is 2.29. The van der Waals surface area contributed by atoms with Crippen molar-refractivity contribution in [2.24, 2.45) is 0 Å². The van der Waals surface area contributed by atoms with E-state index in [0.29, 0.717) is 18.6 Å². The molecule has 2 amide bonds. The summed E-state index contributed by atoms with van der Waals surface area (Å²) in [6.07, 6.45) is -2.94. The normalized spacial score (nSPS) is 18.0. The van der Waals surface area contributed by atoms with Gasteiger partial charge in [0.05, 0.1) is 6.04 Å². The van der Waals surface area contributed by atoms with E-state index in [9.17, 15) is 22.4 Å². The van der Waals surface area contributed by atoms with E-state index in [2.05, 4.69) is 20.4 Å². The van der Waals surface area contributed by atoms with E-state index in [-0.39, 0.29) is 30.4 Å². The number of nitrogens with one attached hydrogen (secondary N) is 2. The average Bonchev–Trinajstić information content (AvgIpc) is 3.20. The molecule has 10 heteroatoms. The van der Waals surface area contributed by atoms with Crippen LogP contribution in [0.3, 0.4) is 0 Å². The monoisotopic (exact) mass is 443 g/mol. The molecule has 1 aromatic carbocycles. The number of ether oxygens (including phenoxy) is 2. The summed E-state index contributed by atoms with van der Waals surface area (Å²) in [6.45, 7) is 3.09. The number of benzene rings is 1. The molecule has 0 aliphatic carbocycles. The predicted molar refractivity (Wildman–Crippen MR) is 106 cm³/mol. The Hall–Kier alpha value is -2.88. The van der Waals surface area contributed by atoms with Crippen molar-refractivity contribution in [1.29, 1.82) is 0 Å². The standard InChI is InChI=1S/C19H19F4N3O3.C2H6/c20-14-3-1-13(2-4-14)17-15(6-8-28-17)26-18(27)25-10-12-5-7-24-16(9-12)29-11-19(21,22)23;1-2/h1-5,7,9,15,17H,6,8,10-11H2,(H2,25,26,27);1-2H3/t15?,17-;/m0./s1. The minimum Gasteiger partial charge on any atom is -0.468 e. The fourth-order valence-corrected chi connectivity index (χ4v) is 2.92. The number of alkyl halides is 3. The molecule has 1 fully saturated rings. The number of carbonyl (C=O) groups is 1. The molecule has 6 nitrogen and oxygen atoms in total. The first-order valence-electron chi connectivity index (χ1n) is 9.86. The lowest BCUT2D eigenvalue weighted by Gasteiger charge is -2.20. The van der Waals surface area contributed by atoms with Crippen LogP contribution >= 0.6 is 0 Å². The van der Waals surface area contributed by atoms with E-state index in [1.807, 2.05) is 13.8 Å². The lowest BCUT2D eigenvalue weighted by Crippen LogP contribution is -2.43. The highest BCUT2D eigenvalue weighted by Gasteiger charge is 2.31. The molecule has 170 valence electrons. The van der Waals surface area contributed by atoms with Crippen LogP contribution in [0, 0.1) is 5.82 Å². The summed E-state index contributed by atoms with van der Waals surface area (Å²) < 4.78 is 60.0. The zero-order valence-electron chi connectivity index (χ0n) is 17.2. The molecule has 0 radical (unpaired) electrons. The molecule has 1 unspecified atom stereocenters. The van der Waals surface area contributed by atoms with Gasteiger partial charge in [0.1, 0.15) is 11.9 Å². The Morgan fingerprint density at radius 3 is 2.61 bits per heavy atom. The smallest absolute Gasteiger partial charge is 0.422 e. The van der Waals surface area contributed by atoms with Crippen molar-refractivity contribution in [2.75, 3.05) is 13.2 Å². The van der Waals surface area contributed by atoms with Crippen LogP contribution in [0.15, 0.2) is 42.6 Å². The quantitative estimate of drug-likeness (QED) is 0.644. The largest absolute Gasteiger partial charge is 0.468 e. The number of carbonyl (C=O) groups excluding carboxylic acids is 1. The minimum absolute atomic E-state index is 0.0749. The SMILES string of the molecule is CC.O=C(NCc1ccnc(OCC(F)(F)F)c1)NC1CCO[C@H]1c1ccc(F)cc1. The number of amides is 2. The lowest BCUT2D eigenvalue weighted by molar-refractivity contribution is -0.154. The van der Waals surface area contributed by atoms with Crippen molar-refractivity contribution in [1.82, 2.24) is 15.6 Å². The Bertz CT molecular complexity index is 831. The third kappa shape index (κ3) is 8.05. The van der Waals surface area contributed by atoms with Crippen LogP contribution in [-0.2, 0) is 11.3 Å². The van der Waals surface area contributed by atoms with Crippen LogP contribution in [0.2, 0.25) is 0 Å². The van der Waals surface area contributed by atoms with E-state index in [4.69, 9.17) is 4.74 Å². The van der Waals surface area contributed by atoms with Gasteiger partial charge >= 0.3 is 12.2 Å². The molecule has 0 spiro atoms. The maximum Gasteiger partial charge on any atom is 0.422 e. The highest BCUT2D eigenvalue weighted by atomic mass is 19.4. The summed E-state index contributed by atoms with van der Waals surface area (Å²) in [6, 6.07) is 8.01. The van der Waals surface area contributed by atoms with Crippen LogP contribution in [0.4, 0.5) is 22.4 Å². The number of aromatic nitrogens is 1. The second-order valence-corrected chi connectivity index (χ2v) is 6.47. The van der Waals surface area contributed by atoms with Crippen LogP contribution in [0.1, 0.15) is 37.5 Å². The molecule has 1 aromatic heterocycles. The molecular weight excluding hydrogens is 418 g/mol. The number of rotatable bonds is 6. The predicted octanol–water partition coefficient (Wildman–Crippen LogP) is 4.52. The molecule has 31 heavy (non-hydrogen) atoms. The van der Waals surface area contributed by atoms with Crippen LogP contribution in [0.5, 0.6) is 5.88 Å². The Balaban J connectivity index is 0.00000166. The number of nitrogens with zero attached hydrogens (tertiary/aromatic N) is 1. The summed E-state index contributed by atoms with van der Waals surface area (Å²) in [5.74, 6) is -0.535. The summed E-state index contributed by atoms with van der Waals surface area (Å²) in [4.78, 5) is 15.9. The van der Waals surface area contributed by atoms with Gasteiger partial charge in [-0.15, -0.1) is 0 Å². The van der Waals surface area contributed by atoms with Crippen molar-refractivity contribution in [3.63, 3.8) is 0 Å². The number of halogens is 4. The molecule has 1 saturated heterocycles. The molecular formula is C21H25F4N3O3. The van der Waals surface area contributed by atoms with Crippen molar-refractivity contribution in [3.05, 3.63) is 59.5 Å². The van der Waals surface area contributed by atoms with Crippen molar-refractivity contribution in [3.8, 4) is 5.88 Å². The molecule has 2 aromatic rings. The van der Waals surface area contributed by atoms with Gasteiger partial charge in [0, 0.05) is 25.4 Å². The molecule has 1 aliphatic rings. The van der Waals surface area contributed by atoms with Crippen LogP contribution < -0.4 is 15.4 Å². The zero-order chi connectivity index (χ0) is 22.9. The Kier molecular flexibility index (Phi) is 9.04. The fourth-order valence-electron chi connectivity index (χ4n) is 2.92. The Morgan fingerprint density at radius 1 is 1.23 bits per heavy atom. The van der Waals surface area contributed by atoms with E-state index in [0.717, 1.165) is 5.56 Å². The topological polar surface area (TPSA) is 72.5 Å². The second kappa shape index (κ2) is 11.5.